The van der Waals surface area contributed by atoms with Gasteiger partial charge in [0, 0.05) is 32.8 Å². The van der Waals surface area contributed by atoms with E-state index < -0.39 is 12.7 Å². The van der Waals surface area contributed by atoms with E-state index in [-0.39, 0.29) is 18.6 Å². The smallest absolute Gasteiger partial charge is 0.383 e. The molecule has 1 aliphatic heterocycles. The molecule has 1 heterocycles. The first kappa shape index (κ1) is 15.0. The van der Waals surface area contributed by atoms with Gasteiger partial charge in [0.2, 0.25) is 0 Å². The molecule has 0 aliphatic carbocycles. The summed E-state index contributed by atoms with van der Waals surface area (Å²) in [7, 11) is 1.52. The highest BCUT2D eigenvalue weighted by molar-refractivity contribution is 5.74. The third-order valence-electron chi connectivity index (χ3n) is 2.60. The fourth-order valence-electron chi connectivity index (χ4n) is 1.85. The number of methoxy groups -OCH3 is 1. The molecule has 0 spiro atoms. The monoisotopic (exact) mass is 269 g/mol. The summed E-state index contributed by atoms with van der Waals surface area (Å²) in [6.45, 7) is 0.440. The number of carbonyl (C=O) groups excluding carboxylic acids is 1. The van der Waals surface area contributed by atoms with Crippen LogP contribution in [0.5, 0.6) is 0 Å². The molecule has 1 rings (SSSR count). The molecular weight excluding hydrogens is 251 g/mol. The molecule has 2 amide bonds. The maximum absolute atomic E-state index is 12.1. The van der Waals surface area contributed by atoms with Crippen molar-refractivity contribution in [3.63, 3.8) is 0 Å². The van der Waals surface area contributed by atoms with Crippen LogP contribution in [0.15, 0.2) is 0 Å². The molecule has 106 valence electrons. The van der Waals surface area contributed by atoms with Crippen molar-refractivity contribution in [2.45, 2.75) is 18.6 Å². The number of nitrogens with one attached hydrogen (secondary N) is 2. The van der Waals surface area contributed by atoms with Crippen LogP contribution in [0.4, 0.5) is 18.0 Å². The zero-order valence-corrected chi connectivity index (χ0v) is 10.2. The summed E-state index contributed by atoms with van der Waals surface area (Å²) in [6, 6.07) is -0.596. The van der Waals surface area contributed by atoms with Gasteiger partial charge in [-0.05, 0) is 6.42 Å². The molecule has 8 heteroatoms. The van der Waals surface area contributed by atoms with Crippen molar-refractivity contribution < 1.29 is 22.7 Å². The van der Waals surface area contributed by atoms with Crippen LogP contribution in [0.2, 0.25) is 0 Å². The second-order valence-electron chi connectivity index (χ2n) is 4.23. The number of rotatable bonds is 5. The molecule has 0 bridgehead atoms. The van der Waals surface area contributed by atoms with Crippen LogP contribution in [0.1, 0.15) is 6.42 Å². The first-order valence-corrected chi connectivity index (χ1v) is 5.73. The summed E-state index contributed by atoms with van der Waals surface area (Å²) in [5.74, 6) is 0. The van der Waals surface area contributed by atoms with E-state index in [0.717, 1.165) is 0 Å². The lowest BCUT2D eigenvalue weighted by molar-refractivity contribution is -0.143. The molecule has 0 aromatic heterocycles. The molecule has 0 aromatic carbocycles. The quantitative estimate of drug-likeness (QED) is 0.717. The zero-order chi connectivity index (χ0) is 13.6. The molecule has 2 N–H and O–H groups in total. The first-order chi connectivity index (χ1) is 8.40. The maximum Gasteiger partial charge on any atom is 0.401 e. The third-order valence-corrected chi connectivity index (χ3v) is 2.60. The molecule has 1 fully saturated rings. The molecule has 18 heavy (non-hydrogen) atoms. The van der Waals surface area contributed by atoms with E-state index in [0.29, 0.717) is 26.1 Å². The van der Waals surface area contributed by atoms with Gasteiger partial charge in [0.25, 0.3) is 0 Å². The minimum absolute atomic E-state index is 0.227. The van der Waals surface area contributed by atoms with Crippen LogP contribution >= 0.6 is 0 Å². The lowest BCUT2D eigenvalue weighted by Crippen LogP contribution is -2.44. The number of hydrogen-bond donors (Lipinski definition) is 2. The molecule has 1 atom stereocenters. The maximum atomic E-state index is 12.1. The number of hydrogen-bond acceptors (Lipinski definition) is 3. The van der Waals surface area contributed by atoms with Crippen LogP contribution in [0.3, 0.4) is 0 Å². The van der Waals surface area contributed by atoms with Crippen molar-refractivity contribution in [3.8, 4) is 0 Å². The molecule has 5 nitrogen and oxygen atoms in total. The second-order valence-corrected chi connectivity index (χ2v) is 4.23. The number of alkyl halides is 3. The summed E-state index contributed by atoms with van der Waals surface area (Å²) in [6.07, 6.45) is -3.65. The Bertz CT molecular complexity index is 274. The molecule has 0 saturated carbocycles. The standard InChI is InChI=1S/C10H18F3N3O2/c1-18-5-3-14-9(17)15-8-2-4-16(6-8)7-10(11,12)13/h8H,2-7H2,1H3,(H2,14,15,17)/t8-/m1/s1. The number of amides is 2. The Balaban J connectivity index is 2.19. The van der Waals surface area contributed by atoms with E-state index in [9.17, 15) is 18.0 Å². The highest BCUT2D eigenvalue weighted by atomic mass is 19.4. The number of ether oxygens (including phenoxy) is 1. The third kappa shape index (κ3) is 6.06. The van der Waals surface area contributed by atoms with E-state index in [2.05, 4.69) is 10.6 Å². The van der Waals surface area contributed by atoms with Gasteiger partial charge < -0.3 is 15.4 Å². The predicted octanol–water partition coefficient (Wildman–Crippen LogP) is 0.569. The summed E-state index contributed by atoms with van der Waals surface area (Å²) in [5.41, 5.74) is 0. The van der Waals surface area contributed by atoms with Crippen molar-refractivity contribution in [2.24, 2.45) is 0 Å². The Morgan fingerprint density at radius 1 is 1.50 bits per heavy atom. The van der Waals surface area contributed by atoms with Crippen LogP contribution < -0.4 is 10.6 Å². The Kier molecular flexibility index (Phi) is 5.67. The normalized spacial score (nSPS) is 21.0. The lowest BCUT2D eigenvalue weighted by Gasteiger charge is -2.18. The Hall–Kier alpha value is -1.02. The van der Waals surface area contributed by atoms with Crippen LogP contribution in [0, 0.1) is 0 Å². The highest BCUT2D eigenvalue weighted by Gasteiger charge is 2.34. The fraction of sp³-hybridized carbons (Fsp3) is 0.900. The SMILES string of the molecule is COCCNC(=O)N[C@@H]1CCN(CC(F)(F)F)C1. The fourth-order valence-corrected chi connectivity index (χ4v) is 1.85. The highest BCUT2D eigenvalue weighted by Crippen LogP contribution is 2.19. The van der Waals surface area contributed by atoms with Gasteiger partial charge in [-0.2, -0.15) is 13.2 Å². The van der Waals surface area contributed by atoms with Gasteiger partial charge in [-0.15, -0.1) is 0 Å². The van der Waals surface area contributed by atoms with Gasteiger partial charge in [0.15, 0.2) is 0 Å². The van der Waals surface area contributed by atoms with Gasteiger partial charge in [-0.1, -0.05) is 0 Å². The Morgan fingerprint density at radius 2 is 2.22 bits per heavy atom. The molecule has 0 radical (unpaired) electrons. The van der Waals surface area contributed by atoms with Crippen LogP contribution in [-0.2, 0) is 4.74 Å². The van der Waals surface area contributed by atoms with Gasteiger partial charge in [0.05, 0.1) is 13.2 Å². The Labute approximate surface area is 104 Å². The average Bonchev–Trinajstić information content (AvgIpc) is 2.63. The average molecular weight is 269 g/mol. The second kappa shape index (κ2) is 6.79. The number of halogens is 3. The van der Waals surface area contributed by atoms with E-state index in [4.69, 9.17) is 4.74 Å². The van der Waals surface area contributed by atoms with Crippen molar-refractivity contribution in [3.05, 3.63) is 0 Å². The van der Waals surface area contributed by atoms with E-state index in [1.807, 2.05) is 0 Å². The number of carbonyl (C=O) groups is 1. The lowest BCUT2D eigenvalue weighted by atomic mass is 10.3. The molecule has 0 unspecified atom stereocenters. The van der Waals surface area contributed by atoms with E-state index in [1.54, 1.807) is 0 Å². The van der Waals surface area contributed by atoms with Gasteiger partial charge in [-0.25, -0.2) is 4.79 Å². The minimum Gasteiger partial charge on any atom is -0.383 e. The largest absolute Gasteiger partial charge is 0.401 e. The van der Waals surface area contributed by atoms with Gasteiger partial charge >= 0.3 is 12.2 Å². The zero-order valence-electron chi connectivity index (χ0n) is 10.2. The molecular formula is C10H18F3N3O2. The van der Waals surface area contributed by atoms with Crippen molar-refractivity contribution in [1.82, 2.24) is 15.5 Å². The summed E-state index contributed by atoms with van der Waals surface area (Å²) >= 11 is 0. The molecule has 1 saturated heterocycles. The van der Waals surface area contributed by atoms with Crippen molar-refractivity contribution in [1.29, 1.82) is 0 Å². The van der Waals surface area contributed by atoms with Crippen LogP contribution in [0.25, 0.3) is 0 Å². The molecule has 0 aromatic rings. The van der Waals surface area contributed by atoms with Gasteiger partial charge in [0.1, 0.15) is 0 Å². The first-order valence-electron chi connectivity index (χ1n) is 5.73. The summed E-state index contributed by atoms with van der Waals surface area (Å²) in [5, 5.41) is 5.20. The van der Waals surface area contributed by atoms with Crippen molar-refractivity contribution >= 4 is 6.03 Å². The number of urea groups is 1. The predicted molar refractivity (Wildman–Crippen MR) is 59.3 cm³/mol. The minimum atomic E-state index is -4.18. The topological polar surface area (TPSA) is 53.6 Å². The number of likely N-dealkylation sites (tertiary alicyclic amines) is 1. The van der Waals surface area contributed by atoms with E-state index in [1.165, 1.54) is 12.0 Å². The summed E-state index contributed by atoms with van der Waals surface area (Å²) < 4.78 is 41.2. The van der Waals surface area contributed by atoms with Crippen LogP contribution in [-0.4, -0.2) is 63.0 Å². The summed E-state index contributed by atoms with van der Waals surface area (Å²) in [4.78, 5) is 12.6. The Morgan fingerprint density at radius 3 is 2.83 bits per heavy atom. The van der Waals surface area contributed by atoms with Crippen molar-refractivity contribution in [2.75, 3.05) is 39.9 Å². The molecule has 1 aliphatic rings. The number of nitrogens with zero attached hydrogens (tertiary/aromatic N) is 1. The van der Waals surface area contributed by atoms with Gasteiger partial charge in [-0.3, -0.25) is 4.90 Å². The van der Waals surface area contributed by atoms with E-state index >= 15 is 0 Å².